The molecule has 0 saturated heterocycles. The lowest BCUT2D eigenvalue weighted by molar-refractivity contribution is -0.130. The van der Waals surface area contributed by atoms with Crippen LogP contribution >= 0.6 is 0 Å². The number of benzene rings is 2. The number of aromatic nitrogens is 1. The molecule has 0 saturated carbocycles. The fourth-order valence-electron chi connectivity index (χ4n) is 2.76. The highest BCUT2D eigenvalue weighted by atomic mass is 16.4. The number of carbonyl (C=O) groups is 2. The number of aryl methyl sites for hydroxylation is 1. The molecule has 3 aromatic rings. The number of rotatable bonds is 7. The van der Waals surface area contributed by atoms with Gasteiger partial charge >= 0.3 is 6.01 Å². The first-order valence-corrected chi connectivity index (χ1v) is 8.20. The first-order chi connectivity index (χ1) is 12.7. The maximum atomic E-state index is 12.9. The molecule has 0 radical (unpaired) electrons. The van der Waals surface area contributed by atoms with Crippen LogP contribution in [-0.2, 0) is 16.1 Å². The third-order valence-electron chi connectivity index (χ3n) is 4.11. The molecular weight excluding hydrogens is 330 g/mol. The van der Waals surface area contributed by atoms with Gasteiger partial charge < -0.3 is 9.32 Å². The van der Waals surface area contributed by atoms with Gasteiger partial charge in [0.2, 0.25) is 6.41 Å². The quantitative estimate of drug-likeness (QED) is 0.664. The minimum atomic E-state index is -0.805. The smallest absolute Gasteiger partial charge is 0.301 e. The molecular formula is C20H19N3O3. The molecule has 2 amide bonds. The predicted octanol–water partition coefficient (Wildman–Crippen LogP) is 3.32. The summed E-state index contributed by atoms with van der Waals surface area (Å²) in [6.07, 6.45) is 3.51. The molecule has 26 heavy (non-hydrogen) atoms. The summed E-state index contributed by atoms with van der Waals surface area (Å²) < 4.78 is 5.09. The highest BCUT2D eigenvalue weighted by Gasteiger charge is 2.28. The van der Waals surface area contributed by atoms with Crippen molar-refractivity contribution < 1.29 is 14.0 Å². The van der Waals surface area contributed by atoms with Crippen molar-refractivity contribution in [2.24, 2.45) is 0 Å². The minimum Gasteiger partial charge on any atom is -0.432 e. The summed E-state index contributed by atoms with van der Waals surface area (Å²) >= 11 is 0. The molecule has 3 rings (SSSR count). The molecule has 1 aromatic heterocycles. The topological polar surface area (TPSA) is 75.4 Å². The van der Waals surface area contributed by atoms with E-state index in [4.69, 9.17) is 4.42 Å². The number of hydrogen-bond donors (Lipinski definition) is 1. The Morgan fingerprint density at radius 3 is 2.58 bits per heavy atom. The Labute approximate surface area is 151 Å². The van der Waals surface area contributed by atoms with Gasteiger partial charge in [-0.25, -0.2) is 4.98 Å². The molecule has 0 aliphatic heterocycles. The normalized spacial score (nSPS) is 11.6. The van der Waals surface area contributed by atoms with Crippen molar-refractivity contribution in [1.82, 2.24) is 9.88 Å². The van der Waals surface area contributed by atoms with E-state index in [0.29, 0.717) is 18.5 Å². The zero-order valence-corrected chi connectivity index (χ0v) is 14.3. The minimum absolute atomic E-state index is 0.0951. The van der Waals surface area contributed by atoms with Gasteiger partial charge in [0, 0.05) is 6.54 Å². The lowest BCUT2D eigenvalue weighted by Gasteiger charge is -2.28. The predicted molar refractivity (Wildman–Crippen MR) is 97.1 cm³/mol. The number of carbonyl (C=O) groups excluding carboxylic acids is 2. The van der Waals surface area contributed by atoms with Crippen molar-refractivity contribution in [3.8, 4) is 0 Å². The molecule has 2 aromatic carbocycles. The second kappa shape index (κ2) is 8.11. The summed E-state index contributed by atoms with van der Waals surface area (Å²) in [5.74, 6) is -0.390. The molecule has 0 bridgehead atoms. The molecule has 6 heteroatoms. The number of nitrogens with zero attached hydrogens (tertiary/aromatic N) is 2. The third-order valence-corrected chi connectivity index (χ3v) is 4.11. The van der Waals surface area contributed by atoms with E-state index in [-0.39, 0.29) is 11.9 Å². The number of hydrogen-bond acceptors (Lipinski definition) is 4. The zero-order chi connectivity index (χ0) is 18.4. The Hall–Kier alpha value is -3.41. The Bertz CT molecular complexity index is 863. The van der Waals surface area contributed by atoms with Crippen LogP contribution in [0.25, 0.3) is 0 Å². The van der Waals surface area contributed by atoms with Crippen molar-refractivity contribution in [3.63, 3.8) is 0 Å². The van der Waals surface area contributed by atoms with Crippen LogP contribution in [0.4, 0.5) is 6.01 Å². The Morgan fingerprint density at radius 2 is 1.92 bits per heavy atom. The van der Waals surface area contributed by atoms with Gasteiger partial charge in [-0.05, 0) is 23.6 Å². The number of anilines is 1. The van der Waals surface area contributed by atoms with Crippen molar-refractivity contribution in [1.29, 1.82) is 0 Å². The number of nitrogens with one attached hydrogen (secondary N) is 1. The summed E-state index contributed by atoms with van der Waals surface area (Å²) in [5.41, 5.74) is 2.74. The van der Waals surface area contributed by atoms with Gasteiger partial charge in [-0.15, -0.1) is 0 Å². The summed E-state index contributed by atoms with van der Waals surface area (Å²) in [5, 5.41) is 2.62. The highest BCUT2D eigenvalue weighted by molar-refractivity contribution is 5.95. The monoisotopic (exact) mass is 349 g/mol. The van der Waals surface area contributed by atoms with E-state index >= 15 is 0 Å². The van der Waals surface area contributed by atoms with Gasteiger partial charge in [0.15, 0.2) is 0 Å². The molecule has 0 fully saturated rings. The van der Waals surface area contributed by atoms with Crippen LogP contribution < -0.4 is 5.32 Å². The van der Waals surface area contributed by atoms with Gasteiger partial charge in [0.05, 0.1) is 6.20 Å². The second-order valence-electron chi connectivity index (χ2n) is 5.84. The summed E-state index contributed by atoms with van der Waals surface area (Å²) in [6, 6.07) is 16.2. The van der Waals surface area contributed by atoms with Gasteiger partial charge in [0.25, 0.3) is 5.91 Å². The molecule has 0 aliphatic carbocycles. The van der Waals surface area contributed by atoms with Crippen LogP contribution in [-0.4, -0.2) is 22.2 Å². The van der Waals surface area contributed by atoms with Crippen molar-refractivity contribution in [3.05, 3.63) is 83.7 Å². The zero-order valence-electron chi connectivity index (χ0n) is 14.3. The molecule has 0 aliphatic rings. The second-order valence-corrected chi connectivity index (χ2v) is 5.84. The van der Waals surface area contributed by atoms with Crippen LogP contribution in [0.5, 0.6) is 0 Å². The Morgan fingerprint density at radius 1 is 1.19 bits per heavy atom. The van der Waals surface area contributed by atoms with Gasteiger partial charge in [0.1, 0.15) is 12.3 Å². The van der Waals surface area contributed by atoms with E-state index in [1.54, 1.807) is 0 Å². The lowest BCUT2D eigenvalue weighted by Crippen LogP contribution is -2.36. The van der Waals surface area contributed by atoms with E-state index in [2.05, 4.69) is 10.3 Å². The number of amides is 2. The van der Waals surface area contributed by atoms with E-state index in [9.17, 15) is 9.59 Å². The molecule has 132 valence electrons. The van der Waals surface area contributed by atoms with Crippen LogP contribution in [0.3, 0.4) is 0 Å². The molecule has 1 atom stereocenters. The molecule has 1 heterocycles. The van der Waals surface area contributed by atoms with Gasteiger partial charge in [-0.1, -0.05) is 54.6 Å². The maximum absolute atomic E-state index is 12.9. The molecule has 6 nitrogen and oxygen atoms in total. The highest BCUT2D eigenvalue weighted by Crippen LogP contribution is 2.24. The van der Waals surface area contributed by atoms with Crippen molar-refractivity contribution in [2.75, 3.05) is 5.32 Å². The fourth-order valence-corrected chi connectivity index (χ4v) is 2.76. The van der Waals surface area contributed by atoms with Gasteiger partial charge in [-0.3, -0.25) is 14.9 Å². The lowest BCUT2D eigenvalue weighted by atomic mass is 10.0. The first-order valence-electron chi connectivity index (χ1n) is 8.20. The van der Waals surface area contributed by atoms with Crippen LogP contribution in [0.15, 0.2) is 71.5 Å². The van der Waals surface area contributed by atoms with Gasteiger partial charge in [-0.2, -0.15) is 0 Å². The maximum Gasteiger partial charge on any atom is 0.301 e. The summed E-state index contributed by atoms with van der Waals surface area (Å²) in [4.78, 5) is 30.1. The van der Waals surface area contributed by atoms with E-state index in [1.807, 2.05) is 61.5 Å². The fraction of sp³-hybridized carbons (Fsp3) is 0.150. The molecule has 0 spiro atoms. The van der Waals surface area contributed by atoms with E-state index < -0.39 is 6.04 Å². The molecule has 1 N–H and O–H groups in total. The van der Waals surface area contributed by atoms with E-state index in [0.717, 1.165) is 11.1 Å². The van der Waals surface area contributed by atoms with Crippen LogP contribution in [0.1, 0.15) is 22.7 Å². The Balaban J connectivity index is 1.91. The van der Waals surface area contributed by atoms with Crippen LogP contribution in [0.2, 0.25) is 0 Å². The van der Waals surface area contributed by atoms with E-state index in [1.165, 1.54) is 17.4 Å². The largest absolute Gasteiger partial charge is 0.432 e. The Kier molecular flexibility index (Phi) is 5.43. The first kappa shape index (κ1) is 17.4. The number of oxazole rings is 1. The van der Waals surface area contributed by atoms with Crippen LogP contribution in [0, 0.1) is 6.92 Å². The summed E-state index contributed by atoms with van der Waals surface area (Å²) in [7, 11) is 0. The van der Waals surface area contributed by atoms with Crippen molar-refractivity contribution >= 4 is 18.3 Å². The average molecular weight is 349 g/mol. The average Bonchev–Trinajstić information content (AvgIpc) is 3.16. The van der Waals surface area contributed by atoms with Crippen molar-refractivity contribution in [2.45, 2.75) is 19.5 Å². The standard InChI is InChI=1S/C20H19N3O3/c1-15-7-5-6-10-17(15)13-23(14-24)18(16-8-3-2-4-9-16)19(25)22-20-21-11-12-26-20/h2-12,14,18H,13H2,1H3,(H,21,22,25). The molecule has 1 unspecified atom stereocenters. The SMILES string of the molecule is Cc1ccccc1CN(C=O)C(C(=O)Nc1ncco1)c1ccccc1. The third kappa shape index (κ3) is 3.97. The summed E-state index contributed by atoms with van der Waals surface area (Å²) in [6.45, 7) is 2.29.